The number of methoxy groups -OCH3 is 1. The Kier molecular flexibility index (Phi) is 4.66. The van der Waals surface area contributed by atoms with Gasteiger partial charge in [-0.3, -0.25) is 4.79 Å². The second kappa shape index (κ2) is 6.46. The molecule has 0 radical (unpaired) electrons. The van der Waals surface area contributed by atoms with Crippen molar-refractivity contribution in [2.75, 3.05) is 19.4 Å². The summed E-state index contributed by atoms with van der Waals surface area (Å²) < 4.78 is 5.18. The lowest BCUT2D eigenvalue weighted by atomic mass is 10.1. The zero-order valence-corrected chi connectivity index (χ0v) is 12.0. The van der Waals surface area contributed by atoms with Gasteiger partial charge in [0.05, 0.1) is 7.11 Å². The molecule has 2 rings (SSSR count). The average Bonchev–Trinajstić information content (AvgIpc) is 2.97. The Balaban J connectivity index is 2.26. The predicted octanol–water partition coefficient (Wildman–Crippen LogP) is 2.85. The monoisotopic (exact) mass is 274 g/mol. The van der Waals surface area contributed by atoms with Gasteiger partial charge in [0.15, 0.2) is 0 Å². The summed E-state index contributed by atoms with van der Waals surface area (Å²) in [5.74, 6) is 0.612. The topological polar surface area (TPSA) is 55.6 Å². The predicted molar refractivity (Wildman–Crippen MR) is 80.9 cm³/mol. The van der Waals surface area contributed by atoms with Crippen LogP contribution in [0, 0.1) is 0 Å². The van der Waals surface area contributed by atoms with Gasteiger partial charge in [0, 0.05) is 29.9 Å². The lowest BCUT2D eigenvalue weighted by Crippen LogP contribution is -2.39. The zero-order chi connectivity index (χ0) is 14.5. The normalized spacial score (nSPS) is 15.1. The first-order valence-corrected chi connectivity index (χ1v) is 7.02. The third-order valence-electron chi connectivity index (χ3n) is 3.76. The van der Waals surface area contributed by atoms with E-state index in [0.29, 0.717) is 29.6 Å². The maximum Gasteiger partial charge on any atom is 0.254 e. The molecule has 1 aromatic rings. The van der Waals surface area contributed by atoms with Crippen molar-refractivity contribution in [3.05, 3.63) is 36.4 Å². The minimum absolute atomic E-state index is 0.00222. The Morgan fingerprint density at radius 2 is 2.15 bits per heavy atom. The van der Waals surface area contributed by atoms with Crippen molar-refractivity contribution in [2.24, 2.45) is 0 Å². The fourth-order valence-corrected chi connectivity index (χ4v) is 2.78. The summed E-state index contributed by atoms with van der Waals surface area (Å²) in [6, 6.07) is 5.47. The summed E-state index contributed by atoms with van der Waals surface area (Å²) in [6.07, 6.45) is 6.29. The number of anilines is 1. The zero-order valence-electron chi connectivity index (χ0n) is 12.0. The van der Waals surface area contributed by atoms with Crippen molar-refractivity contribution < 1.29 is 9.53 Å². The number of nitrogens with zero attached hydrogens (tertiary/aromatic N) is 1. The van der Waals surface area contributed by atoms with E-state index in [0.717, 1.165) is 12.8 Å². The van der Waals surface area contributed by atoms with Crippen LogP contribution in [0.25, 0.3) is 0 Å². The van der Waals surface area contributed by atoms with Crippen LogP contribution in [0.2, 0.25) is 0 Å². The number of carbonyl (C=O) groups excluding carboxylic acids is 1. The standard InChI is InChI=1S/C16H22N2O2/c1-3-8-18(14-6-4-5-7-14)16(19)12-9-13(17)11-15(10-12)20-2/h3,9-11,14H,1,4-8,17H2,2H3. The molecule has 2 N–H and O–H groups in total. The smallest absolute Gasteiger partial charge is 0.254 e. The summed E-state index contributed by atoms with van der Waals surface area (Å²) in [6.45, 7) is 4.33. The first-order chi connectivity index (χ1) is 9.65. The molecule has 0 bridgehead atoms. The Bertz CT molecular complexity index is 493. The summed E-state index contributed by atoms with van der Waals surface area (Å²) in [5, 5.41) is 0. The molecule has 1 aliphatic carbocycles. The van der Waals surface area contributed by atoms with Crippen molar-refractivity contribution in [2.45, 2.75) is 31.7 Å². The number of amides is 1. The van der Waals surface area contributed by atoms with Gasteiger partial charge in [-0.1, -0.05) is 18.9 Å². The second-order valence-corrected chi connectivity index (χ2v) is 5.18. The molecule has 0 atom stereocenters. The minimum Gasteiger partial charge on any atom is -0.497 e. The van der Waals surface area contributed by atoms with Crippen molar-refractivity contribution in [1.29, 1.82) is 0 Å². The molecule has 4 nitrogen and oxygen atoms in total. The van der Waals surface area contributed by atoms with Crippen LogP contribution in [-0.4, -0.2) is 30.5 Å². The van der Waals surface area contributed by atoms with Gasteiger partial charge in [-0.15, -0.1) is 6.58 Å². The minimum atomic E-state index is 0.00222. The van der Waals surface area contributed by atoms with Gasteiger partial charge in [-0.05, 0) is 25.0 Å². The maximum absolute atomic E-state index is 12.7. The summed E-state index contributed by atoms with van der Waals surface area (Å²) >= 11 is 0. The summed E-state index contributed by atoms with van der Waals surface area (Å²) in [7, 11) is 1.57. The molecule has 0 saturated heterocycles. The quantitative estimate of drug-likeness (QED) is 0.663. The van der Waals surface area contributed by atoms with Gasteiger partial charge in [0.1, 0.15) is 5.75 Å². The number of benzene rings is 1. The van der Waals surface area contributed by atoms with Crippen LogP contribution in [0.4, 0.5) is 5.69 Å². The fourth-order valence-electron chi connectivity index (χ4n) is 2.78. The molecule has 0 unspecified atom stereocenters. The second-order valence-electron chi connectivity index (χ2n) is 5.18. The number of ether oxygens (including phenoxy) is 1. The Labute approximate surface area is 120 Å². The van der Waals surface area contributed by atoms with E-state index < -0.39 is 0 Å². The van der Waals surface area contributed by atoms with E-state index in [1.165, 1.54) is 12.8 Å². The largest absolute Gasteiger partial charge is 0.497 e. The van der Waals surface area contributed by atoms with Gasteiger partial charge in [0.25, 0.3) is 5.91 Å². The Morgan fingerprint density at radius 3 is 2.75 bits per heavy atom. The highest BCUT2D eigenvalue weighted by Crippen LogP contribution is 2.26. The third-order valence-corrected chi connectivity index (χ3v) is 3.76. The molecular weight excluding hydrogens is 252 g/mol. The van der Waals surface area contributed by atoms with Crippen molar-refractivity contribution in [3.63, 3.8) is 0 Å². The van der Waals surface area contributed by atoms with Crippen molar-refractivity contribution in [3.8, 4) is 5.75 Å². The van der Waals surface area contributed by atoms with Crippen LogP contribution >= 0.6 is 0 Å². The molecule has 20 heavy (non-hydrogen) atoms. The van der Waals surface area contributed by atoms with Gasteiger partial charge >= 0.3 is 0 Å². The number of carbonyl (C=O) groups is 1. The summed E-state index contributed by atoms with van der Waals surface area (Å²) in [4.78, 5) is 14.6. The third kappa shape index (κ3) is 3.13. The maximum atomic E-state index is 12.7. The molecule has 0 spiro atoms. The summed E-state index contributed by atoms with van der Waals surface area (Å²) in [5.41, 5.74) is 6.95. The van der Waals surface area contributed by atoms with E-state index in [1.54, 1.807) is 31.4 Å². The number of rotatable bonds is 5. The first kappa shape index (κ1) is 14.4. The SMILES string of the molecule is C=CCN(C(=O)c1cc(N)cc(OC)c1)C1CCCC1. The molecule has 108 valence electrons. The number of nitrogen functional groups attached to an aromatic ring is 1. The average molecular weight is 274 g/mol. The molecule has 1 fully saturated rings. The molecule has 1 aliphatic rings. The fraction of sp³-hybridized carbons (Fsp3) is 0.438. The van der Waals surface area contributed by atoms with Gasteiger partial charge in [0.2, 0.25) is 0 Å². The van der Waals surface area contributed by atoms with E-state index in [2.05, 4.69) is 6.58 Å². The van der Waals surface area contributed by atoms with Crippen molar-refractivity contribution >= 4 is 11.6 Å². The lowest BCUT2D eigenvalue weighted by molar-refractivity contribution is 0.0706. The van der Waals surface area contributed by atoms with Crippen LogP contribution < -0.4 is 10.5 Å². The van der Waals surface area contributed by atoms with E-state index in [1.807, 2.05) is 4.90 Å². The molecule has 1 saturated carbocycles. The molecule has 0 heterocycles. The number of nitrogens with two attached hydrogens (primary N) is 1. The Hall–Kier alpha value is -1.97. The van der Waals surface area contributed by atoms with Crippen LogP contribution in [0.3, 0.4) is 0 Å². The molecule has 4 heteroatoms. The van der Waals surface area contributed by atoms with E-state index in [-0.39, 0.29) is 5.91 Å². The van der Waals surface area contributed by atoms with Crippen LogP contribution in [0.5, 0.6) is 5.75 Å². The highest BCUT2D eigenvalue weighted by molar-refractivity contribution is 5.96. The Morgan fingerprint density at radius 1 is 1.45 bits per heavy atom. The van der Waals surface area contributed by atoms with Crippen molar-refractivity contribution in [1.82, 2.24) is 4.90 Å². The molecule has 1 amide bonds. The molecule has 0 aromatic heterocycles. The van der Waals surface area contributed by atoms with Crippen LogP contribution in [-0.2, 0) is 0 Å². The lowest BCUT2D eigenvalue weighted by Gasteiger charge is -2.28. The van der Waals surface area contributed by atoms with E-state index >= 15 is 0 Å². The first-order valence-electron chi connectivity index (χ1n) is 7.02. The van der Waals surface area contributed by atoms with Crippen LogP contribution in [0.15, 0.2) is 30.9 Å². The van der Waals surface area contributed by atoms with E-state index in [4.69, 9.17) is 10.5 Å². The van der Waals surface area contributed by atoms with Crippen LogP contribution in [0.1, 0.15) is 36.0 Å². The molecule has 1 aromatic carbocycles. The van der Waals surface area contributed by atoms with Gasteiger partial charge < -0.3 is 15.4 Å². The molecular formula is C16H22N2O2. The van der Waals surface area contributed by atoms with Gasteiger partial charge in [-0.25, -0.2) is 0 Å². The van der Waals surface area contributed by atoms with E-state index in [9.17, 15) is 4.79 Å². The highest BCUT2D eigenvalue weighted by atomic mass is 16.5. The highest BCUT2D eigenvalue weighted by Gasteiger charge is 2.26. The van der Waals surface area contributed by atoms with Gasteiger partial charge in [-0.2, -0.15) is 0 Å². The number of hydrogen-bond donors (Lipinski definition) is 1. The number of hydrogen-bond acceptors (Lipinski definition) is 3. The molecule has 0 aliphatic heterocycles.